The van der Waals surface area contributed by atoms with Crippen LogP contribution in [0.1, 0.15) is 0 Å². The van der Waals surface area contributed by atoms with Gasteiger partial charge in [-0.1, -0.05) is 17.6 Å². The minimum absolute atomic E-state index is 0.0161. The zero-order valence-electron chi connectivity index (χ0n) is 7.18. The van der Waals surface area contributed by atoms with Crippen molar-refractivity contribution in [2.24, 2.45) is 0 Å². The Hall–Kier alpha value is -1.91. The molecule has 2 aromatic rings. The summed E-state index contributed by atoms with van der Waals surface area (Å²) in [5.74, 6) is 0. The molecule has 0 atom stereocenters. The van der Waals surface area contributed by atoms with E-state index in [1.165, 1.54) is 12.3 Å². The van der Waals surface area contributed by atoms with Crippen molar-refractivity contribution in [3.63, 3.8) is 0 Å². The molecular formula is C9H5BN2O2. The Kier molecular flexibility index (Phi) is 1.92. The van der Waals surface area contributed by atoms with Gasteiger partial charge in [0.15, 0.2) is 0 Å². The summed E-state index contributed by atoms with van der Waals surface area (Å²) in [5, 5.41) is 11.8. The van der Waals surface area contributed by atoms with Crippen molar-refractivity contribution in [2.45, 2.75) is 0 Å². The first kappa shape index (κ1) is 8.68. The topological polar surface area (TPSA) is 56.0 Å². The van der Waals surface area contributed by atoms with Crippen molar-refractivity contribution < 1.29 is 4.92 Å². The van der Waals surface area contributed by atoms with Gasteiger partial charge in [0.1, 0.15) is 7.85 Å². The highest BCUT2D eigenvalue weighted by atomic mass is 16.6. The number of fused-ring (bicyclic) bond motifs is 1. The van der Waals surface area contributed by atoms with E-state index in [2.05, 4.69) is 4.98 Å². The number of rotatable bonds is 1. The van der Waals surface area contributed by atoms with Gasteiger partial charge in [-0.05, 0) is 0 Å². The molecule has 0 aliphatic heterocycles. The number of hydrogen-bond donors (Lipinski definition) is 0. The van der Waals surface area contributed by atoms with E-state index in [0.29, 0.717) is 16.2 Å². The van der Waals surface area contributed by atoms with Crippen LogP contribution in [0.4, 0.5) is 5.69 Å². The van der Waals surface area contributed by atoms with Crippen LogP contribution in [0.3, 0.4) is 0 Å². The largest absolute Gasteiger partial charge is 0.276 e. The summed E-state index contributed by atoms with van der Waals surface area (Å²) in [5.41, 5.74) is 0.345. The van der Waals surface area contributed by atoms with Crippen LogP contribution < -0.4 is 5.46 Å². The van der Waals surface area contributed by atoms with E-state index in [4.69, 9.17) is 7.85 Å². The Bertz CT molecular complexity index is 508. The second-order valence-electron chi connectivity index (χ2n) is 2.86. The lowest BCUT2D eigenvalue weighted by atomic mass is 9.92. The summed E-state index contributed by atoms with van der Waals surface area (Å²) >= 11 is 0. The normalized spacial score (nSPS) is 10.3. The van der Waals surface area contributed by atoms with Crippen molar-refractivity contribution in [1.82, 2.24) is 4.98 Å². The molecule has 0 saturated carbocycles. The first-order valence-corrected chi connectivity index (χ1v) is 3.97. The summed E-state index contributed by atoms with van der Waals surface area (Å²) in [4.78, 5) is 14.1. The zero-order valence-corrected chi connectivity index (χ0v) is 7.18. The van der Waals surface area contributed by atoms with Crippen LogP contribution in [-0.2, 0) is 0 Å². The highest BCUT2D eigenvalue weighted by Gasteiger charge is 2.12. The predicted octanol–water partition coefficient (Wildman–Crippen LogP) is 0.937. The molecular weight excluding hydrogens is 179 g/mol. The number of non-ortho nitro benzene ring substituents is 1. The third kappa shape index (κ3) is 1.23. The first-order chi connectivity index (χ1) is 6.70. The summed E-state index contributed by atoms with van der Waals surface area (Å²) < 4.78 is 0. The van der Waals surface area contributed by atoms with Gasteiger partial charge in [0.25, 0.3) is 5.69 Å². The summed E-state index contributed by atoms with van der Waals surface area (Å²) in [6.07, 6.45) is 2.97. The van der Waals surface area contributed by atoms with Gasteiger partial charge < -0.3 is 0 Å². The molecule has 1 heterocycles. The van der Waals surface area contributed by atoms with E-state index >= 15 is 0 Å². The highest BCUT2D eigenvalue weighted by molar-refractivity contribution is 6.39. The third-order valence-electron chi connectivity index (χ3n) is 1.99. The van der Waals surface area contributed by atoms with Crippen LogP contribution in [-0.4, -0.2) is 17.8 Å². The molecule has 0 saturated heterocycles. The lowest BCUT2D eigenvalue weighted by Gasteiger charge is -2.01. The zero-order chi connectivity index (χ0) is 10.1. The summed E-state index contributed by atoms with van der Waals surface area (Å²) in [6.45, 7) is 0. The number of pyridine rings is 1. The van der Waals surface area contributed by atoms with Crippen LogP contribution in [0.5, 0.6) is 0 Å². The fourth-order valence-electron chi connectivity index (χ4n) is 1.39. The number of benzene rings is 1. The SMILES string of the molecule is [B]c1cncc2cccc([N+](=O)[O-])c12. The molecule has 66 valence electrons. The van der Waals surface area contributed by atoms with Gasteiger partial charge in [-0.15, -0.1) is 0 Å². The van der Waals surface area contributed by atoms with Crippen molar-refractivity contribution in [3.8, 4) is 0 Å². The maximum atomic E-state index is 10.7. The minimum atomic E-state index is -0.446. The molecule has 2 radical (unpaired) electrons. The van der Waals surface area contributed by atoms with Crippen molar-refractivity contribution in [2.75, 3.05) is 0 Å². The quantitative estimate of drug-likeness (QED) is 0.376. The molecule has 1 aromatic carbocycles. The van der Waals surface area contributed by atoms with Gasteiger partial charge in [-0.3, -0.25) is 15.1 Å². The second kappa shape index (κ2) is 3.10. The van der Waals surface area contributed by atoms with Crippen LogP contribution in [0.15, 0.2) is 30.6 Å². The maximum Gasteiger partial charge on any atom is 0.276 e. The molecule has 0 aliphatic carbocycles. The van der Waals surface area contributed by atoms with Crippen LogP contribution >= 0.6 is 0 Å². The highest BCUT2D eigenvalue weighted by Crippen LogP contribution is 2.21. The monoisotopic (exact) mass is 184 g/mol. The fraction of sp³-hybridized carbons (Fsp3) is 0. The van der Waals surface area contributed by atoms with E-state index in [0.717, 1.165) is 0 Å². The number of nitro groups is 1. The Labute approximate surface area is 81.1 Å². The van der Waals surface area contributed by atoms with Crippen LogP contribution in [0.2, 0.25) is 0 Å². The second-order valence-corrected chi connectivity index (χ2v) is 2.86. The molecule has 0 N–H and O–H groups in total. The van der Waals surface area contributed by atoms with Gasteiger partial charge in [0.05, 0.1) is 10.3 Å². The number of aromatic nitrogens is 1. The number of nitro benzene ring substituents is 1. The van der Waals surface area contributed by atoms with E-state index < -0.39 is 4.92 Å². The number of nitrogens with zero attached hydrogens (tertiary/aromatic N) is 2. The molecule has 0 unspecified atom stereocenters. The van der Waals surface area contributed by atoms with Crippen LogP contribution in [0.25, 0.3) is 10.8 Å². The third-order valence-corrected chi connectivity index (χ3v) is 1.99. The van der Waals surface area contributed by atoms with Crippen molar-refractivity contribution in [3.05, 3.63) is 40.7 Å². The van der Waals surface area contributed by atoms with E-state index in [-0.39, 0.29) is 5.69 Å². The number of hydrogen-bond acceptors (Lipinski definition) is 3. The predicted molar refractivity (Wildman–Crippen MR) is 53.8 cm³/mol. The minimum Gasteiger partial charge on any atom is -0.265 e. The van der Waals surface area contributed by atoms with Crippen molar-refractivity contribution >= 4 is 29.8 Å². The molecule has 0 spiro atoms. The fourth-order valence-corrected chi connectivity index (χ4v) is 1.39. The van der Waals surface area contributed by atoms with E-state index in [1.54, 1.807) is 18.3 Å². The molecule has 0 fully saturated rings. The lowest BCUT2D eigenvalue weighted by Crippen LogP contribution is -2.06. The summed E-state index contributed by atoms with van der Waals surface area (Å²) in [7, 11) is 5.63. The van der Waals surface area contributed by atoms with Gasteiger partial charge in [0.2, 0.25) is 0 Å². The molecule has 2 rings (SSSR count). The smallest absolute Gasteiger partial charge is 0.265 e. The molecule has 5 heteroatoms. The Morgan fingerprint density at radius 2 is 2.14 bits per heavy atom. The molecule has 1 aromatic heterocycles. The van der Waals surface area contributed by atoms with Gasteiger partial charge in [-0.2, -0.15) is 0 Å². The average molecular weight is 184 g/mol. The molecule has 0 bridgehead atoms. The van der Waals surface area contributed by atoms with Gasteiger partial charge in [0, 0.05) is 23.8 Å². The van der Waals surface area contributed by atoms with Crippen LogP contribution in [0, 0.1) is 10.1 Å². The van der Waals surface area contributed by atoms with E-state index in [9.17, 15) is 10.1 Å². The average Bonchev–Trinajstić information content (AvgIpc) is 2.17. The van der Waals surface area contributed by atoms with E-state index in [1.807, 2.05) is 0 Å². The summed E-state index contributed by atoms with van der Waals surface area (Å²) in [6, 6.07) is 4.78. The molecule has 0 amide bonds. The molecule has 0 aliphatic rings. The van der Waals surface area contributed by atoms with Gasteiger partial charge >= 0.3 is 0 Å². The first-order valence-electron chi connectivity index (χ1n) is 3.97. The Morgan fingerprint density at radius 1 is 1.36 bits per heavy atom. The molecule has 4 nitrogen and oxygen atoms in total. The standard InChI is InChI=1S/C9H5BN2O2/c10-7-5-11-4-6-2-1-3-8(9(6)7)12(13)14/h1-5H. The maximum absolute atomic E-state index is 10.7. The van der Waals surface area contributed by atoms with Crippen molar-refractivity contribution in [1.29, 1.82) is 0 Å². The van der Waals surface area contributed by atoms with Gasteiger partial charge in [-0.25, -0.2) is 0 Å². The Balaban J connectivity index is 2.91. The Morgan fingerprint density at radius 3 is 2.86 bits per heavy atom. The molecule has 14 heavy (non-hydrogen) atoms. The lowest BCUT2D eigenvalue weighted by molar-refractivity contribution is -0.383.